The van der Waals surface area contributed by atoms with Gasteiger partial charge in [-0.25, -0.2) is 0 Å². The summed E-state index contributed by atoms with van der Waals surface area (Å²) < 4.78 is 0. The molecule has 1 amide bonds. The van der Waals surface area contributed by atoms with E-state index in [9.17, 15) is 9.59 Å². The summed E-state index contributed by atoms with van der Waals surface area (Å²) in [4.78, 5) is 26.1. The third kappa shape index (κ3) is 3.54. The van der Waals surface area contributed by atoms with Gasteiger partial charge < -0.3 is 10.3 Å². The molecular weight excluding hydrogens is 312 g/mol. The second-order valence-electron chi connectivity index (χ2n) is 5.71. The molecular formula is C18H17ClN2O2. The molecule has 0 spiro atoms. The highest BCUT2D eigenvalue weighted by Gasteiger charge is 2.20. The number of carbonyl (C=O) groups excluding carboxylic acids is 1. The Hall–Kier alpha value is -2.33. The van der Waals surface area contributed by atoms with Crippen molar-refractivity contribution in [2.75, 3.05) is 0 Å². The molecule has 1 atom stereocenters. The molecule has 118 valence electrons. The molecule has 0 bridgehead atoms. The minimum atomic E-state index is -0.322. The molecule has 2 heterocycles. The van der Waals surface area contributed by atoms with Crippen LogP contribution in [0, 0.1) is 6.92 Å². The lowest BCUT2D eigenvalue weighted by Gasteiger charge is -2.12. The second kappa shape index (κ2) is 6.42. The highest BCUT2D eigenvalue weighted by atomic mass is 35.5. The van der Waals surface area contributed by atoms with E-state index in [1.807, 2.05) is 37.3 Å². The average molecular weight is 329 g/mol. The summed E-state index contributed by atoms with van der Waals surface area (Å²) in [6.07, 6.45) is 3.28. The number of amides is 1. The summed E-state index contributed by atoms with van der Waals surface area (Å²) in [6.45, 7) is 2.02. The van der Waals surface area contributed by atoms with Crippen molar-refractivity contribution in [3.05, 3.63) is 74.7 Å². The maximum atomic E-state index is 11.8. The highest BCUT2D eigenvalue weighted by molar-refractivity contribution is 6.30. The molecule has 23 heavy (non-hydrogen) atoms. The van der Waals surface area contributed by atoms with Crippen LogP contribution < -0.4 is 10.9 Å². The molecule has 1 saturated heterocycles. The Bertz CT molecular complexity index is 822. The van der Waals surface area contributed by atoms with Gasteiger partial charge in [0.2, 0.25) is 5.91 Å². The first-order chi connectivity index (χ1) is 11.0. The van der Waals surface area contributed by atoms with Gasteiger partial charge in [-0.15, -0.1) is 0 Å². The Balaban J connectivity index is 2.07. The molecule has 3 rings (SSSR count). The van der Waals surface area contributed by atoms with E-state index in [0.29, 0.717) is 12.1 Å². The fourth-order valence-corrected chi connectivity index (χ4v) is 2.76. The first-order valence-electron chi connectivity index (χ1n) is 7.50. The number of hydrogen-bond acceptors (Lipinski definition) is 2. The van der Waals surface area contributed by atoms with Gasteiger partial charge in [0.25, 0.3) is 5.56 Å². The van der Waals surface area contributed by atoms with Gasteiger partial charge in [0.1, 0.15) is 5.02 Å². The standard InChI is InChI=1S/C18H17ClN2O2/c1-11-2-4-12(5-3-11)14(10-13-6-9-17(22)20-13)16-8-7-15(19)18(23)21-16/h2-5,7-8,10,13H,6,9H2,1H3,(H,20,22)(H,21,23)/t13-/m1/s1. The topological polar surface area (TPSA) is 62.0 Å². The molecule has 0 saturated carbocycles. The van der Waals surface area contributed by atoms with Crippen molar-refractivity contribution in [3.63, 3.8) is 0 Å². The SMILES string of the molecule is Cc1ccc(C(=C[C@H]2CCC(=O)N2)c2ccc(Cl)c(=O)[nH]2)cc1. The summed E-state index contributed by atoms with van der Waals surface area (Å²) >= 11 is 5.82. The number of benzene rings is 1. The Labute approximate surface area is 139 Å². The number of aromatic nitrogens is 1. The van der Waals surface area contributed by atoms with E-state index in [-0.39, 0.29) is 22.5 Å². The predicted octanol–water partition coefficient (Wildman–Crippen LogP) is 3.05. The number of hydrogen-bond donors (Lipinski definition) is 2. The highest BCUT2D eigenvalue weighted by Crippen LogP contribution is 2.24. The van der Waals surface area contributed by atoms with Gasteiger partial charge in [0.05, 0.1) is 0 Å². The van der Waals surface area contributed by atoms with Crippen LogP contribution in [0.2, 0.25) is 5.02 Å². The van der Waals surface area contributed by atoms with Gasteiger partial charge in [-0.2, -0.15) is 0 Å². The smallest absolute Gasteiger partial charge is 0.267 e. The molecule has 1 aromatic carbocycles. The number of H-pyrrole nitrogens is 1. The summed E-state index contributed by atoms with van der Waals surface area (Å²) in [6, 6.07) is 11.4. The summed E-state index contributed by atoms with van der Waals surface area (Å²) in [5.41, 5.74) is 3.38. The fourth-order valence-electron chi connectivity index (χ4n) is 2.65. The number of nitrogens with one attached hydrogen (secondary N) is 2. The molecule has 1 aliphatic rings. The Kier molecular flexibility index (Phi) is 4.35. The zero-order valence-electron chi connectivity index (χ0n) is 12.7. The molecule has 1 aromatic heterocycles. The van der Waals surface area contributed by atoms with Crippen molar-refractivity contribution >= 4 is 23.1 Å². The van der Waals surface area contributed by atoms with Crippen LogP contribution >= 0.6 is 11.6 Å². The van der Waals surface area contributed by atoms with Crippen LogP contribution in [0.25, 0.3) is 5.57 Å². The van der Waals surface area contributed by atoms with Gasteiger partial charge in [0.15, 0.2) is 0 Å². The van der Waals surface area contributed by atoms with Crippen LogP contribution in [0.1, 0.15) is 29.7 Å². The minimum absolute atomic E-state index is 0.0296. The van der Waals surface area contributed by atoms with E-state index < -0.39 is 0 Å². The Morgan fingerprint density at radius 2 is 1.91 bits per heavy atom. The third-order valence-electron chi connectivity index (χ3n) is 3.91. The van der Waals surface area contributed by atoms with Crippen molar-refractivity contribution in [2.24, 2.45) is 0 Å². The van der Waals surface area contributed by atoms with Crippen LogP contribution in [0.15, 0.2) is 47.3 Å². The van der Waals surface area contributed by atoms with Crippen LogP contribution in [-0.4, -0.2) is 16.9 Å². The van der Waals surface area contributed by atoms with Gasteiger partial charge in [-0.1, -0.05) is 47.5 Å². The first-order valence-corrected chi connectivity index (χ1v) is 7.88. The van der Waals surface area contributed by atoms with Crippen molar-refractivity contribution < 1.29 is 4.79 Å². The molecule has 0 radical (unpaired) electrons. The van der Waals surface area contributed by atoms with Crippen LogP contribution in [0.3, 0.4) is 0 Å². The largest absolute Gasteiger partial charge is 0.350 e. The van der Waals surface area contributed by atoms with Gasteiger partial charge in [-0.3, -0.25) is 9.59 Å². The molecule has 0 aliphatic carbocycles. The summed E-state index contributed by atoms with van der Waals surface area (Å²) in [7, 11) is 0. The lowest BCUT2D eigenvalue weighted by molar-refractivity contribution is -0.119. The van der Waals surface area contributed by atoms with Crippen LogP contribution in [-0.2, 0) is 4.79 Å². The summed E-state index contributed by atoms with van der Waals surface area (Å²) in [5.74, 6) is 0.0547. The zero-order valence-corrected chi connectivity index (χ0v) is 13.5. The van der Waals surface area contributed by atoms with Crippen molar-refractivity contribution in [1.82, 2.24) is 10.3 Å². The lowest BCUT2D eigenvalue weighted by atomic mass is 9.98. The monoisotopic (exact) mass is 328 g/mol. The molecule has 2 N–H and O–H groups in total. The fraction of sp³-hybridized carbons (Fsp3) is 0.222. The van der Waals surface area contributed by atoms with E-state index >= 15 is 0 Å². The molecule has 0 unspecified atom stereocenters. The van der Waals surface area contributed by atoms with E-state index in [1.54, 1.807) is 12.1 Å². The second-order valence-corrected chi connectivity index (χ2v) is 6.12. The van der Waals surface area contributed by atoms with E-state index in [1.165, 1.54) is 0 Å². The lowest BCUT2D eigenvalue weighted by Crippen LogP contribution is -2.23. The Morgan fingerprint density at radius 3 is 2.52 bits per heavy atom. The van der Waals surface area contributed by atoms with Crippen molar-refractivity contribution in [1.29, 1.82) is 0 Å². The Morgan fingerprint density at radius 1 is 1.17 bits per heavy atom. The normalized spacial score (nSPS) is 18.1. The minimum Gasteiger partial charge on any atom is -0.350 e. The van der Waals surface area contributed by atoms with Crippen molar-refractivity contribution in [2.45, 2.75) is 25.8 Å². The molecule has 1 aliphatic heterocycles. The van der Waals surface area contributed by atoms with Crippen molar-refractivity contribution in [3.8, 4) is 0 Å². The van der Waals surface area contributed by atoms with E-state index in [2.05, 4.69) is 10.3 Å². The van der Waals surface area contributed by atoms with Crippen LogP contribution in [0.5, 0.6) is 0 Å². The average Bonchev–Trinajstić information content (AvgIpc) is 2.94. The molecule has 5 heteroatoms. The first kappa shape index (κ1) is 15.6. The number of aromatic amines is 1. The maximum Gasteiger partial charge on any atom is 0.267 e. The molecule has 4 nitrogen and oxygen atoms in total. The zero-order chi connectivity index (χ0) is 16.4. The van der Waals surface area contributed by atoms with Gasteiger partial charge in [0, 0.05) is 23.7 Å². The molecule has 1 fully saturated rings. The number of carbonyl (C=O) groups is 1. The van der Waals surface area contributed by atoms with Gasteiger partial charge >= 0.3 is 0 Å². The quantitative estimate of drug-likeness (QED) is 0.909. The number of aryl methyl sites for hydroxylation is 1. The van der Waals surface area contributed by atoms with E-state index in [0.717, 1.165) is 23.1 Å². The number of pyridine rings is 1. The van der Waals surface area contributed by atoms with E-state index in [4.69, 9.17) is 11.6 Å². The maximum absolute atomic E-state index is 11.8. The number of rotatable bonds is 3. The van der Waals surface area contributed by atoms with Crippen LogP contribution in [0.4, 0.5) is 0 Å². The number of halogens is 1. The summed E-state index contributed by atoms with van der Waals surface area (Å²) in [5, 5.41) is 3.09. The third-order valence-corrected chi connectivity index (χ3v) is 4.21. The van der Waals surface area contributed by atoms with Gasteiger partial charge in [-0.05, 0) is 31.0 Å². The molecule has 2 aromatic rings. The predicted molar refractivity (Wildman–Crippen MR) is 91.5 cm³/mol.